The van der Waals surface area contributed by atoms with Gasteiger partial charge in [-0.25, -0.2) is 4.98 Å². The monoisotopic (exact) mass is 341 g/mol. The van der Waals surface area contributed by atoms with Gasteiger partial charge in [0.1, 0.15) is 5.65 Å². The molecule has 7 heteroatoms. The molecule has 2 heterocycles. The fourth-order valence-corrected chi connectivity index (χ4v) is 5.80. The Labute approximate surface area is 145 Å². The summed E-state index contributed by atoms with van der Waals surface area (Å²) in [7, 11) is 0. The highest BCUT2D eigenvalue weighted by Crippen LogP contribution is 2.56. The van der Waals surface area contributed by atoms with Gasteiger partial charge in [-0.05, 0) is 55.9 Å². The Morgan fingerprint density at radius 3 is 2.76 bits per heavy atom. The van der Waals surface area contributed by atoms with E-state index in [0.29, 0.717) is 29.4 Å². The lowest BCUT2D eigenvalue weighted by Gasteiger charge is -2.58. The van der Waals surface area contributed by atoms with Crippen LogP contribution in [0.5, 0.6) is 0 Å². The summed E-state index contributed by atoms with van der Waals surface area (Å²) in [6.45, 7) is 0. The highest BCUT2D eigenvalue weighted by molar-refractivity contribution is 6.08. The Bertz CT molecular complexity index is 844. The van der Waals surface area contributed by atoms with E-state index in [0.717, 1.165) is 36.0 Å². The van der Waals surface area contributed by atoms with Crippen molar-refractivity contribution in [3.8, 4) is 0 Å². The zero-order chi connectivity index (χ0) is 17.2. The minimum Gasteiger partial charge on any atom is -0.409 e. The van der Waals surface area contributed by atoms with Gasteiger partial charge in [0.25, 0.3) is 0 Å². The Balaban J connectivity index is 1.55. The van der Waals surface area contributed by atoms with E-state index >= 15 is 0 Å². The molecule has 0 spiro atoms. The number of nitrogens with zero attached hydrogens (tertiary/aromatic N) is 2. The van der Waals surface area contributed by atoms with Crippen LogP contribution in [0.15, 0.2) is 23.6 Å². The summed E-state index contributed by atoms with van der Waals surface area (Å²) in [6, 6.07) is 2.27. The van der Waals surface area contributed by atoms with Gasteiger partial charge in [0.15, 0.2) is 5.84 Å². The summed E-state index contributed by atoms with van der Waals surface area (Å²) >= 11 is 0. The smallest absolute Gasteiger partial charge is 0.173 e. The number of anilines is 1. The molecule has 2 unspecified atom stereocenters. The Morgan fingerprint density at radius 2 is 2.08 bits per heavy atom. The number of nitrogens with one attached hydrogen (secondary N) is 2. The molecular weight excluding hydrogens is 318 g/mol. The predicted molar refractivity (Wildman–Crippen MR) is 94.5 cm³/mol. The molecule has 4 saturated carbocycles. The maximum absolute atomic E-state index is 10.8. The molecule has 4 fully saturated rings. The molecule has 0 aromatic carbocycles. The van der Waals surface area contributed by atoms with Crippen LogP contribution in [0.25, 0.3) is 11.0 Å². The van der Waals surface area contributed by atoms with Crippen molar-refractivity contribution in [2.75, 3.05) is 5.32 Å². The van der Waals surface area contributed by atoms with Gasteiger partial charge in [-0.15, -0.1) is 0 Å². The van der Waals surface area contributed by atoms with Gasteiger partial charge in [0, 0.05) is 23.8 Å². The van der Waals surface area contributed by atoms with Gasteiger partial charge >= 0.3 is 0 Å². The van der Waals surface area contributed by atoms with Crippen molar-refractivity contribution in [1.29, 1.82) is 0 Å². The second kappa shape index (κ2) is 5.11. The first-order valence-corrected chi connectivity index (χ1v) is 8.99. The van der Waals surface area contributed by atoms with E-state index in [1.165, 1.54) is 12.8 Å². The summed E-state index contributed by atoms with van der Waals surface area (Å²) in [5.74, 6) is 1.66. The number of H-pyrrole nitrogens is 1. The van der Waals surface area contributed by atoms with E-state index in [-0.39, 0.29) is 5.84 Å². The second-order valence-corrected chi connectivity index (χ2v) is 8.14. The van der Waals surface area contributed by atoms with Crippen LogP contribution in [0.4, 0.5) is 5.69 Å². The molecule has 2 atom stereocenters. The van der Waals surface area contributed by atoms with Crippen molar-refractivity contribution >= 4 is 22.6 Å². The highest BCUT2D eigenvalue weighted by Gasteiger charge is 2.54. The first-order chi connectivity index (χ1) is 12.1. The summed E-state index contributed by atoms with van der Waals surface area (Å²) in [5, 5.41) is 27.8. The van der Waals surface area contributed by atoms with Gasteiger partial charge in [0.2, 0.25) is 0 Å². The van der Waals surface area contributed by atoms with Crippen LogP contribution in [-0.2, 0) is 0 Å². The van der Waals surface area contributed by atoms with E-state index in [9.17, 15) is 5.11 Å². The zero-order valence-electron chi connectivity index (χ0n) is 13.9. The minimum absolute atomic E-state index is 0.0561. The Morgan fingerprint density at radius 1 is 1.32 bits per heavy atom. The van der Waals surface area contributed by atoms with Crippen molar-refractivity contribution in [3.05, 3.63) is 24.0 Å². The SMILES string of the molecule is NC(=NO)c1cnc2[nH]ccc2c1N[C@H]1C2CC3CC1C[C@@](O)(C3)C2. The van der Waals surface area contributed by atoms with Crippen LogP contribution >= 0.6 is 0 Å². The molecule has 4 bridgehead atoms. The largest absolute Gasteiger partial charge is 0.409 e. The van der Waals surface area contributed by atoms with Crippen LogP contribution in [0, 0.1) is 17.8 Å². The zero-order valence-corrected chi connectivity index (χ0v) is 13.9. The number of pyridine rings is 1. The molecule has 0 amide bonds. The number of oxime groups is 1. The molecule has 132 valence electrons. The third kappa shape index (κ3) is 2.22. The molecule has 0 aliphatic heterocycles. The van der Waals surface area contributed by atoms with Gasteiger partial charge in [-0.1, -0.05) is 5.16 Å². The number of amidine groups is 1. The van der Waals surface area contributed by atoms with Gasteiger partial charge < -0.3 is 26.3 Å². The molecule has 6 N–H and O–H groups in total. The third-order valence-corrected chi connectivity index (χ3v) is 6.52. The lowest BCUT2D eigenvalue weighted by atomic mass is 9.52. The lowest BCUT2D eigenvalue weighted by molar-refractivity contribution is -0.129. The molecule has 6 rings (SSSR count). The van der Waals surface area contributed by atoms with E-state index < -0.39 is 5.60 Å². The van der Waals surface area contributed by atoms with Crippen molar-refractivity contribution in [2.24, 2.45) is 28.6 Å². The number of aromatic amines is 1. The third-order valence-electron chi connectivity index (χ3n) is 6.52. The molecule has 7 nitrogen and oxygen atoms in total. The molecule has 0 saturated heterocycles. The molecular formula is C18H23N5O2. The number of fused-ring (bicyclic) bond motifs is 1. The molecule has 2 aromatic heterocycles. The van der Waals surface area contributed by atoms with Gasteiger partial charge in [-0.2, -0.15) is 0 Å². The van der Waals surface area contributed by atoms with Crippen LogP contribution in [0.3, 0.4) is 0 Å². The van der Waals surface area contributed by atoms with Gasteiger partial charge in [-0.3, -0.25) is 0 Å². The average Bonchev–Trinajstić information content (AvgIpc) is 3.04. The summed E-state index contributed by atoms with van der Waals surface area (Å²) in [6.07, 6.45) is 8.56. The van der Waals surface area contributed by atoms with Crippen LogP contribution < -0.4 is 11.1 Å². The summed E-state index contributed by atoms with van der Waals surface area (Å²) in [4.78, 5) is 7.48. The fraction of sp³-hybridized carbons (Fsp3) is 0.556. The second-order valence-electron chi connectivity index (χ2n) is 8.14. The van der Waals surface area contributed by atoms with Crippen molar-refractivity contribution < 1.29 is 10.3 Å². The molecule has 0 radical (unpaired) electrons. The predicted octanol–water partition coefficient (Wildman–Crippen LogP) is 2.01. The van der Waals surface area contributed by atoms with Crippen molar-refractivity contribution in [3.63, 3.8) is 0 Å². The standard InChI is InChI=1S/C18H23N5O2/c19-16(23-25)13-8-21-17-12(1-2-20-17)15(13)22-14-10-3-9-4-11(14)7-18(24,5-9)6-10/h1-2,8-11,14,24-25H,3-7H2,(H2,19,23)(H2,20,21,22)/t9?,10?,11?,14-,18+. The van der Waals surface area contributed by atoms with Crippen LogP contribution in [0.2, 0.25) is 0 Å². The number of hydrogen-bond acceptors (Lipinski definition) is 5. The number of nitrogens with two attached hydrogens (primary N) is 1. The van der Waals surface area contributed by atoms with E-state index in [2.05, 4.69) is 20.4 Å². The van der Waals surface area contributed by atoms with E-state index in [1.807, 2.05) is 12.3 Å². The van der Waals surface area contributed by atoms with Crippen LogP contribution in [-0.4, -0.2) is 37.8 Å². The molecule has 2 aromatic rings. The quantitative estimate of drug-likeness (QED) is 0.253. The maximum atomic E-state index is 10.8. The Kier molecular flexibility index (Phi) is 3.07. The molecule has 4 aliphatic carbocycles. The van der Waals surface area contributed by atoms with Crippen LogP contribution in [0.1, 0.15) is 37.7 Å². The minimum atomic E-state index is -0.454. The maximum Gasteiger partial charge on any atom is 0.173 e. The van der Waals surface area contributed by atoms with E-state index in [4.69, 9.17) is 10.9 Å². The average molecular weight is 341 g/mol. The number of rotatable bonds is 3. The topological polar surface area (TPSA) is 120 Å². The normalized spacial score (nSPS) is 36.9. The number of aromatic nitrogens is 2. The first-order valence-electron chi connectivity index (χ1n) is 8.99. The first kappa shape index (κ1) is 15.0. The van der Waals surface area contributed by atoms with Crippen molar-refractivity contribution in [2.45, 2.75) is 43.7 Å². The lowest BCUT2D eigenvalue weighted by Crippen LogP contribution is -2.59. The Hall–Kier alpha value is -2.28. The van der Waals surface area contributed by atoms with E-state index in [1.54, 1.807) is 6.20 Å². The molecule has 25 heavy (non-hydrogen) atoms. The summed E-state index contributed by atoms with van der Waals surface area (Å²) in [5.41, 5.74) is 7.70. The van der Waals surface area contributed by atoms with Crippen molar-refractivity contribution in [1.82, 2.24) is 9.97 Å². The summed E-state index contributed by atoms with van der Waals surface area (Å²) < 4.78 is 0. The number of hydrogen-bond donors (Lipinski definition) is 5. The molecule has 4 aliphatic rings. The number of aliphatic hydroxyl groups is 1. The highest BCUT2D eigenvalue weighted by atomic mass is 16.4. The van der Waals surface area contributed by atoms with Gasteiger partial charge in [0.05, 0.1) is 16.9 Å². The fourth-order valence-electron chi connectivity index (χ4n) is 5.80.